The molecule has 1 fully saturated rings. The van der Waals surface area contributed by atoms with Crippen molar-refractivity contribution in [1.82, 2.24) is 9.97 Å². The van der Waals surface area contributed by atoms with E-state index in [9.17, 15) is 4.79 Å². The quantitative estimate of drug-likeness (QED) is 0.841. The molecule has 6 nitrogen and oxygen atoms in total. The molecule has 1 aliphatic heterocycles. The number of carbonyl (C=O) groups is 1. The molecule has 0 aliphatic carbocycles. The van der Waals surface area contributed by atoms with Gasteiger partial charge in [-0.1, -0.05) is 6.92 Å². The summed E-state index contributed by atoms with van der Waals surface area (Å²) in [5, 5.41) is 12.3. The van der Waals surface area contributed by atoms with Crippen LogP contribution in [0.5, 0.6) is 0 Å². The maximum absolute atomic E-state index is 11.1. The Kier molecular flexibility index (Phi) is 4.54. The summed E-state index contributed by atoms with van der Waals surface area (Å²) in [6.07, 6.45) is 4.19. The Bertz CT molecular complexity index is 438. The molecule has 0 amide bonds. The first-order valence-electron chi connectivity index (χ1n) is 6.74. The molecule has 2 rings (SSSR count). The van der Waals surface area contributed by atoms with Crippen molar-refractivity contribution < 1.29 is 9.90 Å². The summed E-state index contributed by atoms with van der Waals surface area (Å²) < 4.78 is 0. The number of carboxylic acid groups (broad SMARTS) is 1. The second-order valence-electron chi connectivity index (χ2n) is 4.81. The van der Waals surface area contributed by atoms with Gasteiger partial charge in [0.25, 0.3) is 0 Å². The molecule has 19 heavy (non-hydrogen) atoms. The van der Waals surface area contributed by atoms with Crippen LogP contribution >= 0.6 is 0 Å². The minimum atomic E-state index is -0.719. The topological polar surface area (TPSA) is 78.4 Å². The van der Waals surface area contributed by atoms with Crippen LogP contribution in [0.1, 0.15) is 26.2 Å². The van der Waals surface area contributed by atoms with E-state index in [1.165, 1.54) is 6.33 Å². The molecule has 6 heteroatoms. The lowest BCUT2D eigenvalue weighted by molar-refractivity contribution is -0.141. The molecule has 1 atom stereocenters. The van der Waals surface area contributed by atoms with Crippen molar-refractivity contribution in [3.05, 3.63) is 12.4 Å². The van der Waals surface area contributed by atoms with Gasteiger partial charge in [-0.05, 0) is 19.3 Å². The molecule has 0 saturated carbocycles. The Morgan fingerprint density at radius 1 is 1.58 bits per heavy atom. The molecule has 0 aromatic carbocycles. The Morgan fingerprint density at radius 2 is 2.42 bits per heavy atom. The average Bonchev–Trinajstić information content (AvgIpc) is 2.45. The summed E-state index contributed by atoms with van der Waals surface area (Å²) in [6, 6.07) is 1.89. The molecule has 1 aromatic rings. The van der Waals surface area contributed by atoms with Gasteiger partial charge in [0.05, 0.1) is 5.92 Å². The smallest absolute Gasteiger partial charge is 0.308 e. The third-order valence-electron chi connectivity index (χ3n) is 3.30. The lowest BCUT2D eigenvalue weighted by atomic mass is 9.98. The zero-order chi connectivity index (χ0) is 13.7. The molecule has 1 aliphatic rings. The van der Waals surface area contributed by atoms with Crippen molar-refractivity contribution in [2.75, 3.05) is 29.9 Å². The van der Waals surface area contributed by atoms with Crippen LogP contribution in [-0.4, -0.2) is 40.7 Å². The van der Waals surface area contributed by atoms with E-state index < -0.39 is 5.97 Å². The number of aromatic nitrogens is 2. The Morgan fingerprint density at radius 3 is 3.16 bits per heavy atom. The third kappa shape index (κ3) is 3.56. The molecular weight excluding hydrogens is 244 g/mol. The normalized spacial score (nSPS) is 19.2. The summed E-state index contributed by atoms with van der Waals surface area (Å²) in [4.78, 5) is 21.5. The van der Waals surface area contributed by atoms with Crippen molar-refractivity contribution in [1.29, 1.82) is 0 Å². The van der Waals surface area contributed by atoms with Crippen LogP contribution in [0.4, 0.5) is 11.6 Å². The van der Waals surface area contributed by atoms with Crippen molar-refractivity contribution in [3.63, 3.8) is 0 Å². The van der Waals surface area contributed by atoms with Crippen LogP contribution in [0.25, 0.3) is 0 Å². The molecule has 0 bridgehead atoms. The maximum atomic E-state index is 11.1. The van der Waals surface area contributed by atoms with Gasteiger partial charge in [0, 0.05) is 25.7 Å². The number of carboxylic acids is 1. The van der Waals surface area contributed by atoms with Crippen LogP contribution in [0.2, 0.25) is 0 Å². The fraction of sp³-hybridized carbons (Fsp3) is 0.615. The molecule has 2 heterocycles. The van der Waals surface area contributed by atoms with Crippen LogP contribution in [-0.2, 0) is 4.79 Å². The number of nitrogens with zero attached hydrogens (tertiary/aromatic N) is 3. The number of nitrogens with one attached hydrogen (secondary N) is 1. The van der Waals surface area contributed by atoms with Gasteiger partial charge in [-0.25, -0.2) is 9.97 Å². The van der Waals surface area contributed by atoms with E-state index in [0.717, 1.165) is 44.0 Å². The third-order valence-corrected chi connectivity index (χ3v) is 3.30. The molecule has 1 unspecified atom stereocenters. The predicted octanol–water partition coefficient (Wildman–Crippen LogP) is 1.60. The molecule has 1 saturated heterocycles. The monoisotopic (exact) mass is 264 g/mol. The lowest BCUT2D eigenvalue weighted by Gasteiger charge is -2.31. The number of rotatable bonds is 5. The van der Waals surface area contributed by atoms with E-state index in [4.69, 9.17) is 5.11 Å². The minimum Gasteiger partial charge on any atom is -0.481 e. The van der Waals surface area contributed by atoms with E-state index in [0.29, 0.717) is 6.54 Å². The van der Waals surface area contributed by atoms with E-state index in [-0.39, 0.29) is 5.92 Å². The molecule has 0 spiro atoms. The summed E-state index contributed by atoms with van der Waals surface area (Å²) in [6.45, 7) is 4.35. The number of aliphatic carboxylic acids is 1. The van der Waals surface area contributed by atoms with E-state index >= 15 is 0 Å². The van der Waals surface area contributed by atoms with Crippen LogP contribution < -0.4 is 10.2 Å². The highest BCUT2D eigenvalue weighted by molar-refractivity contribution is 5.71. The first-order chi connectivity index (χ1) is 9.20. The molecule has 0 radical (unpaired) electrons. The molecule has 2 N–H and O–H groups in total. The largest absolute Gasteiger partial charge is 0.481 e. The highest BCUT2D eigenvalue weighted by atomic mass is 16.4. The second kappa shape index (κ2) is 6.36. The predicted molar refractivity (Wildman–Crippen MR) is 73.4 cm³/mol. The second-order valence-corrected chi connectivity index (χ2v) is 4.81. The molecule has 1 aromatic heterocycles. The molecular formula is C13H20N4O2. The maximum Gasteiger partial charge on any atom is 0.308 e. The first kappa shape index (κ1) is 13.6. The van der Waals surface area contributed by atoms with Gasteiger partial charge in [-0.3, -0.25) is 4.79 Å². The lowest BCUT2D eigenvalue weighted by Crippen LogP contribution is -2.39. The van der Waals surface area contributed by atoms with Gasteiger partial charge < -0.3 is 15.3 Å². The Balaban J connectivity index is 2.06. The van der Waals surface area contributed by atoms with Crippen molar-refractivity contribution in [3.8, 4) is 0 Å². The van der Waals surface area contributed by atoms with E-state index in [1.54, 1.807) is 0 Å². The van der Waals surface area contributed by atoms with Crippen LogP contribution in [0.3, 0.4) is 0 Å². The fourth-order valence-electron chi connectivity index (χ4n) is 2.26. The Labute approximate surface area is 112 Å². The van der Waals surface area contributed by atoms with Gasteiger partial charge in [-0.2, -0.15) is 0 Å². The van der Waals surface area contributed by atoms with Gasteiger partial charge in [0.2, 0.25) is 0 Å². The van der Waals surface area contributed by atoms with Crippen LogP contribution in [0, 0.1) is 5.92 Å². The molecule has 104 valence electrons. The van der Waals surface area contributed by atoms with E-state index in [2.05, 4.69) is 22.2 Å². The van der Waals surface area contributed by atoms with Crippen molar-refractivity contribution >= 4 is 17.6 Å². The number of piperidine rings is 1. The van der Waals surface area contributed by atoms with Crippen molar-refractivity contribution in [2.45, 2.75) is 26.2 Å². The van der Waals surface area contributed by atoms with Crippen molar-refractivity contribution in [2.24, 2.45) is 5.92 Å². The van der Waals surface area contributed by atoms with Crippen LogP contribution in [0.15, 0.2) is 12.4 Å². The zero-order valence-corrected chi connectivity index (χ0v) is 11.2. The number of anilines is 2. The average molecular weight is 264 g/mol. The van der Waals surface area contributed by atoms with Gasteiger partial charge in [0.15, 0.2) is 0 Å². The summed E-state index contributed by atoms with van der Waals surface area (Å²) in [7, 11) is 0. The van der Waals surface area contributed by atoms with E-state index in [1.807, 2.05) is 11.0 Å². The minimum absolute atomic E-state index is 0.296. The standard InChI is InChI=1S/C13H20N4O2/c1-2-5-14-11-7-12(16-9-15-11)17-6-3-4-10(8-17)13(18)19/h7,9-10H,2-6,8H2,1H3,(H,18,19)(H,14,15,16). The summed E-state index contributed by atoms with van der Waals surface area (Å²) in [5.74, 6) is 0.586. The summed E-state index contributed by atoms with van der Waals surface area (Å²) >= 11 is 0. The van der Waals surface area contributed by atoms with Gasteiger partial charge in [0.1, 0.15) is 18.0 Å². The zero-order valence-electron chi connectivity index (χ0n) is 11.2. The highest BCUT2D eigenvalue weighted by Crippen LogP contribution is 2.22. The highest BCUT2D eigenvalue weighted by Gasteiger charge is 2.26. The first-order valence-corrected chi connectivity index (χ1v) is 6.74. The summed E-state index contributed by atoms with van der Waals surface area (Å²) in [5.41, 5.74) is 0. The number of hydrogen-bond donors (Lipinski definition) is 2. The number of hydrogen-bond acceptors (Lipinski definition) is 5. The fourth-order valence-corrected chi connectivity index (χ4v) is 2.26. The Hall–Kier alpha value is -1.85. The SMILES string of the molecule is CCCNc1cc(N2CCCC(C(=O)O)C2)ncn1. The van der Waals surface area contributed by atoms with Gasteiger partial charge in [-0.15, -0.1) is 0 Å². The van der Waals surface area contributed by atoms with Gasteiger partial charge >= 0.3 is 5.97 Å².